The van der Waals surface area contributed by atoms with Crippen molar-refractivity contribution in [1.29, 1.82) is 0 Å². The molecule has 2 aromatic rings. The van der Waals surface area contributed by atoms with Crippen LogP contribution in [-0.2, 0) is 6.54 Å². The van der Waals surface area contributed by atoms with Crippen molar-refractivity contribution in [3.8, 4) is 0 Å². The number of benzene rings is 1. The standard InChI is InChI=1S/C10H12N2OS/c1-7(13)6-12-9-5-3-2-4-8(9)11-10(12)14/h2-5,7,13H,6H2,1H3,(H,11,14). The molecule has 1 unspecified atom stereocenters. The maximum absolute atomic E-state index is 9.33. The molecule has 0 saturated heterocycles. The number of aliphatic hydroxyl groups is 1. The Balaban J connectivity index is 2.62. The van der Waals surface area contributed by atoms with E-state index in [1.165, 1.54) is 0 Å². The summed E-state index contributed by atoms with van der Waals surface area (Å²) in [4.78, 5) is 3.10. The lowest BCUT2D eigenvalue weighted by molar-refractivity contribution is 0.174. The van der Waals surface area contributed by atoms with Crippen LogP contribution in [0.5, 0.6) is 0 Å². The van der Waals surface area contributed by atoms with Gasteiger partial charge in [-0.15, -0.1) is 0 Å². The number of hydrogen-bond acceptors (Lipinski definition) is 2. The maximum atomic E-state index is 9.33. The number of hydrogen-bond donors (Lipinski definition) is 2. The Morgan fingerprint density at radius 3 is 2.93 bits per heavy atom. The number of nitrogens with zero attached hydrogens (tertiary/aromatic N) is 1. The second-order valence-electron chi connectivity index (χ2n) is 3.41. The fraction of sp³-hybridized carbons (Fsp3) is 0.300. The summed E-state index contributed by atoms with van der Waals surface area (Å²) in [5.74, 6) is 0. The van der Waals surface area contributed by atoms with E-state index >= 15 is 0 Å². The molecule has 4 heteroatoms. The molecule has 0 radical (unpaired) electrons. The van der Waals surface area contributed by atoms with Crippen molar-refractivity contribution < 1.29 is 5.11 Å². The molecule has 3 nitrogen and oxygen atoms in total. The van der Waals surface area contributed by atoms with E-state index in [1.807, 2.05) is 28.8 Å². The lowest BCUT2D eigenvalue weighted by atomic mass is 10.3. The molecule has 1 heterocycles. The Bertz CT molecular complexity index is 498. The summed E-state index contributed by atoms with van der Waals surface area (Å²) in [5, 5.41) is 9.33. The minimum absolute atomic E-state index is 0.388. The van der Waals surface area contributed by atoms with Crippen LogP contribution >= 0.6 is 12.2 Å². The molecule has 0 aliphatic carbocycles. The normalized spacial score (nSPS) is 13.3. The molecule has 0 saturated carbocycles. The number of rotatable bonds is 2. The molecule has 1 aromatic carbocycles. The fourth-order valence-corrected chi connectivity index (χ4v) is 1.84. The summed E-state index contributed by atoms with van der Waals surface area (Å²) >= 11 is 5.17. The highest BCUT2D eigenvalue weighted by molar-refractivity contribution is 7.71. The third-order valence-corrected chi connectivity index (χ3v) is 2.45. The average molecular weight is 208 g/mol. The molecule has 0 aliphatic rings. The molecule has 0 spiro atoms. The molecular formula is C10H12N2OS. The minimum Gasteiger partial charge on any atom is -0.392 e. The first kappa shape index (κ1) is 9.43. The van der Waals surface area contributed by atoms with Gasteiger partial charge in [-0.3, -0.25) is 0 Å². The van der Waals surface area contributed by atoms with Crippen LogP contribution in [0.4, 0.5) is 0 Å². The van der Waals surface area contributed by atoms with Gasteiger partial charge in [0.05, 0.1) is 23.7 Å². The molecule has 2 N–H and O–H groups in total. The van der Waals surface area contributed by atoms with Gasteiger partial charge >= 0.3 is 0 Å². The second-order valence-corrected chi connectivity index (χ2v) is 3.79. The second kappa shape index (κ2) is 3.55. The van der Waals surface area contributed by atoms with Crippen LogP contribution in [0.3, 0.4) is 0 Å². The van der Waals surface area contributed by atoms with Crippen LogP contribution in [0.15, 0.2) is 24.3 Å². The van der Waals surface area contributed by atoms with E-state index in [0.717, 1.165) is 11.0 Å². The summed E-state index contributed by atoms with van der Waals surface area (Å²) in [6.07, 6.45) is -0.388. The van der Waals surface area contributed by atoms with E-state index in [9.17, 15) is 5.11 Å². The summed E-state index contributed by atoms with van der Waals surface area (Å²) < 4.78 is 2.57. The third-order valence-electron chi connectivity index (χ3n) is 2.13. The number of para-hydroxylation sites is 2. The van der Waals surface area contributed by atoms with E-state index < -0.39 is 0 Å². The predicted octanol–water partition coefficient (Wildman–Crippen LogP) is 2.08. The van der Waals surface area contributed by atoms with E-state index in [0.29, 0.717) is 11.3 Å². The van der Waals surface area contributed by atoms with Crippen molar-refractivity contribution in [3.05, 3.63) is 29.0 Å². The quantitative estimate of drug-likeness (QED) is 0.742. The van der Waals surface area contributed by atoms with Crippen LogP contribution in [0.25, 0.3) is 11.0 Å². The summed E-state index contributed by atoms with van der Waals surface area (Å²) in [5.41, 5.74) is 2.05. The van der Waals surface area contributed by atoms with Crippen LogP contribution in [0, 0.1) is 4.77 Å². The summed E-state index contributed by atoms with van der Waals surface area (Å²) in [6.45, 7) is 2.28. The number of aliphatic hydroxyl groups excluding tert-OH is 1. The number of aromatic amines is 1. The molecule has 14 heavy (non-hydrogen) atoms. The molecule has 1 aromatic heterocycles. The van der Waals surface area contributed by atoms with Crippen molar-refractivity contribution in [2.45, 2.75) is 19.6 Å². The third kappa shape index (κ3) is 1.58. The highest BCUT2D eigenvalue weighted by Gasteiger charge is 2.05. The minimum atomic E-state index is -0.388. The molecular weight excluding hydrogens is 196 g/mol. The first-order valence-corrected chi connectivity index (χ1v) is 4.95. The predicted molar refractivity (Wildman–Crippen MR) is 58.8 cm³/mol. The monoisotopic (exact) mass is 208 g/mol. The fourth-order valence-electron chi connectivity index (χ4n) is 1.55. The van der Waals surface area contributed by atoms with Gasteiger partial charge in [0.2, 0.25) is 0 Å². The van der Waals surface area contributed by atoms with E-state index in [4.69, 9.17) is 12.2 Å². The molecule has 2 rings (SSSR count). The Morgan fingerprint density at radius 1 is 1.50 bits per heavy atom. The van der Waals surface area contributed by atoms with Crippen molar-refractivity contribution >= 4 is 23.3 Å². The zero-order valence-corrected chi connectivity index (χ0v) is 8.71. The highest BCUT2D eigenvalue weighted by Crippen LogP contribution is 2.13. The van der Waals surface area contributed by atoms with Crippen LogP contribution in [0.2, 0.25) is 0 Å². The first-order chi connectivity index (χ1) is 6.68. The average Bonchev–Trinajstić information content (AvgIpc) is 2.43. The van der Waals surface area contributed by atoms with E-state index in [2.05, 4.69) is 4.98 Å². The van der Waals surface area contributed by atoms with Crippen LogP contribution < -0.4 is 0 Å². The molecule has 0 fully saturated rings. The smallest absolute Gasteiger partial charge is 0.178 e. The van der Waals surface area contributed by atoms with Crippen molar-refractivity contribution in [2.24, 2.45) is 0 Å². The van der Waals surface area contributed by atoms with Crippen LogP contribution in [0.1, 0.15) is 6.92 Å². The Morgan fingerprint density at radius 2 is 2.21 bits per heavy atom. The first-order valence-electron chi connectivity index (χ1n) is 4.54. The molecule has 0 amide bonds. The van der Waals surface area contributed by atoms with Gasteiger partial charge in [-0.25, -0.2) is 0 Å². The van der Waals surface area contributed by atoms with Crippen molar-refractivity contribution in [3.63, 3.8) is 0 Å². The van der Waals surface area contributed by atoms with E-state index in [-0.39, 0.29) is 6.10 Å². The zero-order chi connectivity index (χ0) is 10.1. The van der Waals surface area contributed by atoms with Gasteiger partial charge in [0.1, 0.15) is 0 Å². The Kier molecular flexibility index (Phi) is 2.39. The van der Waals surface area contributed by atoms with Crippen molar-refractivity contribution in [1.82, 2.24) is 9.55 Å². The molecule has 1 atom stereocenters. The molecule has 0 bridgehead atoms. The van der Waals surface area contributed by atoms with Gasteiger partial charge in [-0.1, -0.05) is 12.1 Å². The van der Waals surface area contributed by atoms with Crippen LogP contribution in [-0.4, -0.2) is 20.8 Å². The zero-order valence-electron chi connectivity index (χ0n) is 7.90. The summed E-state index contributed by atoms with van der Waals surface area (Å²) in [7, 11) is 0. The highest BCUT2D eigenvalue weighted by atomic mass is 32.1. The van der Waals surface area contributed by atoms with Crippen molar-refractivity contribution in [2.75, 3.05) is 0 Å². The Hall–Kier alpha value is -1.13. The lowest BCUT2D eigenvalue weighted by Crippen LogP contribution is -2.11. The molecule has 74 valence electrons. The van der Waals surface area contributed by atoms with Gasteiger partial charge in [-0.2, -0.15) is 0 Å². The largest absolute Gasteiger partial charge is 0.392 e. The number of aromatic nitrogens is 2. The topological polar surface area (TPSA) is 41.0 Å². The number of imidazole rings is 1. The number of nitrogens with one attached hydrogen (secondary N) is 1. The SMILES string of the molecule is CC(O)Cn1c(=S)[nH]c2ccccc21. The van der Waals surface area contributed by atoms with E-state index in [1.54, 1.807) is 6.92 Å². The van der Waals surface area contributed by atoms with Gasteiger partial charge in [0, 0.05) is 0 Å². The summed E-state index contributed by atoms with van der Waals surface area (Å²) in [6, 6.07) is 7.89. The molecule has 0 aliphatic heterocycles. The Labute approximate surface area is 87.0 Å². The number of fused-ring (bicyclic) bond motifs is 1. The van der Waals surface area contributed by atoms with Gasteiger partial charge < -0.3 is 14.7 Å². The van der Waals surface area contributed by atoms with Gasteiger partial charge in [0.25, 0.3) is 0 Å². The maximum Gasteiger partial charge on any atom is 0.178 e. The number of H-pyrrole nitrogens is 1. The lowest BCUT2D eigenvalue weighted by Gasteiger charge is -2.06. The van der Waals surface area contributed by atoms with Gasteiger partial charge in [0.15, 0.2) is 4.77 Å². The van der Waals surface area contributed by atoms with Gasteiger partial charge in [-0.05, 0) is 31.3 Å².